The van der Waals surface area contributed by atoms with Gasteiger partial charge in [-0.05, 0) is 37.0 Å². The van der Waals surface area contributed by atoms with Crippen LogP contribution in [0.5, 0.6) is 0 Å². The Morgan fingerprint density at radius 3 is 2.79 bits per heavy atom. The van der Waals surface area contributed by atoms with Crippen LogP contribution in [0.25, 0.3) is 0 Å². The molecule has 0 spiro atoms. The van der Waals surface area contributed by atoms with Gasteiger partial charge in [0.1, 0.15) is 0 Å². The number of hydrogen-bond donors (Lipinski definition) is 1. The van der Waals surface area contributed by atoms with Crippen molar-refractivity contribution < 1.29 is 9.47 Å². The lowest BCUT2D eigenvalue weighted by molar-refractivity contribution is 0.0936. The Balaban J connectivity index is 2.24. The minimum atomic E-state index is 0.381. The van der Waals surface area contributed by atoms with Crippen molar-refractivity contribution in [3.05, 3.63) is 0 Å². The summed E-state index contributed by atoms with van der Waals surface area (Å²) in [5, 5.41) is 3.53. The molecule has 1 rings (SSSR count). The Morgan fingerprint density at radius 2 is 2.21 bits per heavy atom. The maximum absolute atomic E-state index is 5.71. The molecule has 1 heterocycles. The van der Waals surface area contributed by atoms with E-state index >= 15 is 0 Å². The van der Waals surface area contributed by atoms with Gasteiger partial charge in [-0.1, -0.05) is 27.2 Å². The normalized spacial score (nSPS) is 22.9. The van der Waals surface area contributed by atoms with Gasteiger partial charge in [0.15, 0.2) is 0 Å². The van der Waals surface area contributed by atoms with E-state index in [2.05, 4.69) is 26.1 Å². The Bertz CT molecular complexity index is 227. The first-order valence-corrected chi connectivity index (χ1v) is 7.90. The summed E-state index contributed by atoms with van der Waals surface area (Å²) in [5.41, 5.74) is 0.381. The van der Waals surface area contributed by atoms with Crippen LogP contribution in [0.3, 0.4) is 0 Å². The van der Waals surface area contributed by atoms with Crippen LogP contribution in [0.1, 0.15) is 52.9 Å². The van der Waals surface area contributed by atoms with Crippen LogP contribution in [0, 0.1) is 11.3 Å². The van der Waals surface area contributed by atoms with Gasteiger partial charge < -0.3 is 14.8 Å². The third-order valence-electron chi connectivity index (χ3n) is 4.70. The van der Waals surface area contributed by atoms with Crippen LogP contribution >= 0.6 is 0 Å². The second-order valence-electron chi connectivity index (χ2n) is 6.51. The smallest absolute Gasteiger partial charge is 0.0587 e. The minimum absolute atomic E-state index is 0.381. The van der Waals surface area contributed by atoms with E-state index in [1.807, 2.05) is 0 Å². The quantitative estimate of drug-likeness (QED) is 0.619. The molecule has 114 valence electrons. The summed E-state index contributed by atoms with van der Waals surface area (Å²) in [4.78, 5) is 0. The fraction of sp³-hybridized carbons (Fsp3) is 1.00. The summed E-state index contributed by atoms with van der Waals surface area (Å²) >= 11 is 0. The van der Waals surface area contributed by atoms with Gasteiger partial charge in [0.2, 0.25) is 0 Å². The zero-order chi connectivity index (χ0) is 14.1. The van der Waals surface area contributed by atoms with E-state index in [4.69, 9.17) is 9.47 Å². The molecule has 1 aliphatic heterocycles. The van der Waals surface area contributed by atoms with Gasteiger partial charge in [0, 0.05) is 26.8 Å². The molecule has 0 aromatic rings. The molecule has 1 fully saturated rings. The number of rotatable bonds is 10. The van der Waals surface area contributed by atoms with Gasteiger partial charge in [-0.3, -0.25) is 0 Å². The molecule has 1 aliphatic rings. The Hall–Kier alpha value is -0.120. The molecular formula is C16H33NO2. The van der Waals surface area contributed by atoms with Crippen molar-refractivity contribution >= 4 is 0 Å². The third-order valence-corrected chi connectivity index (χ3v) is 4.70. The molecule has 0 aromatic heterocycles. The van der Waals surface area contributed by atoms with E-state index in [1.165, 1.54) is 32.1 Å². The predicted octanol–water partition coefficient (Wildman–Crippen LogP) is 3.23. The first-order valence-electron chi connectivity index (χ1n) is 7.90. The maximum Gasteiger partial charge on any atom is 0.0587 e. The summed E-state index contributed by atoms with van der Waals surface area (Å²) in [6.07, 6.45) is 6.86. The van der Waals surface area contributed by atoms with Crippen molar-refractivity contribution in [1.82, 2.24) is 5.32 Å². The van der Waals surface area contributed by atoms with E-state index in [0.717, 1.165) is 26.3 Å². The number of nitrogens with one attached hydrogen (secondary N) is 1. The second-order valence-corrected chi connectivity index (χ2v) is 6.51. The van der Waals surface area contributed by atoms with Gasteiger partial charge in [-0.25, -0.2) is 0 Å². The van der Waals surface area contributed by atoms with Crippen LogP contribution < -0.4 is 5.32 Å². The standard InChI is InChI=1S/C16H33NO2/c1-14(2)16(3,13-17-10-12-18-4)9-5-7-15-8-6-11-19-15/h14-15,17H,5-13H2,1-4H3. The average molecular weight is 271 g/mol. The van der Waals surface area contributed by atoms with Crippen LogP contribution in [-0.4, -0.2) is 39.5 Å². The lowest BCUT2D eigenvalue weighted by Crippen LogP contribution is -2.37. The summed E-state index contributed by atoms with van der Waals surface area (Å²) in [5.74, 6) is 0.701. The Labute approximate surface area is 119 Å². The van der Waals surface area contributed by atoms with E-state index in [-0.39, 0.29) is 0 Å². The topological polar surface area (TPSA) is 30.5 Å². The zero-order valence-electron chi connectivity index (χ0n) is 13.3. The molecule has 0 aliphatic carbocycles. The molecule has 0 amide bonds. The van der Waals surface area contributed by atoms with Gasteiger partial charge in [-0.2, -0.15) is 0 Å². The van der Waals surface area contributed by atoms with Gasteiger partial charge in [0.05, 0.1) is 12.7 Å². The number of hydrogen-bond acceptors (Lipinski definition) is 3. The summed E-state index contributed by atoms with van der Waals surface area (Å²) < 4.78 is 10.8. The molecule has 0 aromatic carbocycles. The lowest BCUT2D eigenvalue weighted by atomic mass is 9.75. The molecule has 2 unspecified atom stereocenters. The minimum Gasteiger partial charge on any atom is -0.383 e. The lowest BCUT2D eigenvalue weighted by Gasteiger charge is -2.34. The molecule has 3 heteroatoms. The SMILES string of the molecule is COCCNCC(C)(CCCC1CCCO1)C(C)C. The summed E-state index contributed by atoms with van der Waals surface area (Å²) in [6.45, 7) is 10.9. The first kappa shape index (κ1) is 16.9. The highest BCUT2D eigenvalue weighted by Crippen LogP contribution is 2.33. The molecule has 1 saturated heterocycles. The van der Waals surface area contributed by atoms with Crippen LogP contribution in [-0.2, 0) is 9.47 Å². The Morgan fingerprint density at radius 1 is 1.42 bits per heavy atom. The Kier molecular flexibility index (Phi) is 7.96. The van der Waals surface area contributed by atoms with Crippen molar-refractivity contribution in [2.24, 2.45) is 11.3 Å². The van der Waals surface area contributed by atoms with E-state index in [1.54, 1.807) is 7.11 Å². The average Bonchev–Trinajstić information content (AvgIpc) is 2.87. The number of ether oxygens (including phenoxy) is 2. The fourth-order valence-electron chi connectivity index (χ4n) is 2.73. The molecule has 0 saturated carbocycles. The second kappa shape index (κ2) is 8.93. The highest BCUT2D eigenvalue weighted by molar-refractivity contribution is 4.81. The van der Waals surface area contributed by atoms with E-state index in [9.17, 15) is 0 Å². The van der Waals surface area contributed by atoms with Crippen LogP contribution in [0.2, 0.25) is 0 Å². The van der Waals surface area contributed by atoms with Crippen LogP contribution in [0.4, 0.5) is 0 Å². The third kappa shape index (κ3) is 6.24. The molecule has 19 heavy (non-hydrogen) atoms. The zero-order valence-corrected chi connectivity index (χ0v) is 13.3. The van der Waals surface area contributed by atoms with Crippen LogP contribution in [0.15, 0.2) is 0 Å². The molecule has 3 nitrogen and oxygen atoms in total. The highest BCUT2D eigenvalue weighted by atomic mass is 16.5. The monoisotopic (exact) mass is 271 g/mol. The molecule has 1 N–H and O–H groups in total. The maximum atomic E-state index is 5.71. The first-order chi connectivity index (χ1) is 9.08. The van der Waals surface area contributed by atoms with E-state index < -0.39 is 0 Å². The van der Waals surface area contributed by atoms with Crippen molar-refractivity contribution in [2.75, 3.05) is 33.4 Å². The van der Waals surface area contributed by atoms with Crippen molar-refractivity contribution in [3.63, 3.8) is 0 Å². The van der Waals surface area contributed by atoms with Crippen molar-refractivity contribution in [2.45, 2.75) is 59.0 Å². The summed E-state index contributed by atoms with van der Waals surface area (Å²) in [7, 11) is 1.75. The highest BCUT2D eigenvalue weighted by Gasteiger charge is 2.28. The molecule has 2 atom stereocenters. The fourth-order valence-corrected chi connectivity index (χ4v) is 2.73. The molecular weight excluding hydrogens is 238 g/mol. The van der Waals surface area contributed by atoms with Gasteiger partial charge >= 0.3 is 0 Å². The summed E-state index contributed by atoms with van der Waals surface area (Å²) in [6, 6.07) is 0. The van der Waals surface area contributed by atoms with Gasteiger partial charge in [-0.15, -0.1) is 0 Å². The molecule has 0 bridgehead atoms. The number of methoxy groups -OCH3 is 1. The van der Waals surface area contributed by atoms with Crippen molar-refractivity contribution in [1.29, 1.82) is 0 Å². The van der Waals surface area contributed by atoms with Crippen molar-refractivity contribution in [3.8, 4) is 0 Å². The van der Waals surface area contributed by atoms with Gasteiger partial charge in [0.25, 0.3) is 0 Å². The molecule has 0 radical (unpaired) electrons. The largest absolute Gasteiger partial charge is 0.383 e. The predicted molar refractivity (Wildman–Crippen MR) is 80.5 cm³/mol. The van der Waals surface area contributed by atoms with E-state index in [0.29, 0.717) is 17.4 Å².